The van der Waals surface area contributed by atoms with E-state index in [1.165, 1.54) is 56.2 Å². The molecule has 0 aromatic carbocycles. The van der Waals surface area contributed by atoms with Gasteiger partial charge in [-0.25, -0.2) is 0 Å². The van der Waals surface area contributed by atoms with Gasteiger partial charge in [0.2, 0.25) is 0 Å². The Balaban J connectivity index is 1.86. The highest BCUT2D eigenvalue weighted by Gasteiger charge is 2.09. The van der Waals surface area contributed by atoms with Crippen LogP contribution in [0.3, 0.4) is 0 Å². The number of halogens is 1. The van der Waals surface area contributed by atoms with Crippen LogP contribution in [0.15, 0.2) is 0 Å². The molecule has 0 N–H and O–H groups in total. The third-order valence-electron chi connectivity index (χ3n) is 2.31. The highest BCUT2D eigenvalue weighted by Crippen LogP contribution is 2.09. The first kappa shape index (κ1) is 9.78. The lowest BCUT2D eigenvalue weighted by molar-refractivity contribution is 0.330. The van der Waals surface area contributed by atoms with Crippen LogP contribution in [0.4, 0.5) is 0 Å². The Bertz CT molecular complexity index is 89.6. The number of unbranched alkanes of at least 4 members (excludes halogenated alkanes) is 2. The van der Waals surface area contributed by atoms with Gasteiger partial charge in [-0.1, -0.05) is 29.0 Å². The minimum absolute atomic E-state index is 1.33. The lowest BCUT2D eigenvalue weighted by Crippen LogP contribution is -2.20. The summed E-state index contributed by atoms with van der Waals surface area (Å²) in [6.45, 7) is 4.09. The van der Waals surface area contributed by atoms with E-state index in [4.69, 9.17) is 0 Å². The summed E-state index contributed by atoms with van der Waals surface area (Å²) in [7, 11) is 0. The molecule has 1 saturated heterocycles. The van der Waals surface area contributed by atoms with E-state index in [9.17, 15) is 0 Å². The number of alkyl halides is 1. The molecule has 11 heavy (non-hydrogen) atoms. The van der Waals surface area contributed by atoms with Gasteiger partial charge in [-0.3, -0.25) is 0 Å². The molecule has 0 saturated carbocycles. The molecule has 0 spiro atoms. The van der Waals surface area contributed by atoms with Crippen molar-refractivity contribution in [3.8, 4) is 0 Å². The smallest absolute Gasteiger partial charge is 0.000472 e. The summed E-state index contributed by atoms with van der Waals surface area (Å²) in [6.07, 6.45) is 7.13. The summed E-state index contributed by atoms with van der Waals surface area (Å²) in [5.74, 6) is 0. The molecule has 1 heterocycles. The molecular formula is C9H18IN. The summed E-state index contributed by atoms with van der Waals surface area (Å²) in [5.41, 5.74) is 0. The van der Waals surface area contributed by atoms with Gasteiger partial charge in [0.05, 0.1) is 0 Å². The van der Waals surface area contributed by atoms with Crippen molar-refractivity contribution in [3.05, 3.63) is 0 Å². The third-order valence-corrected chi connectivity index (χ3v) is 3.07. The quantitative estimate of drug-likeness (QED) is 0.420. The first-order valence-corrected chi connectivity index (χ1v) is 6.24. The molecular weight excluding hydrogens is 249 g/mol. The standard InChI is InChI=1S/C9H18IN/c10-6-2-1-3-7-11-8-4-5-9-11/h1-9H2. The van der Waals surface area contributed by atoms with Crippen LogP contribution in [0.25, 0.3) is 0 Å². The van der Waals surface area contributed by atoms with E-state index in [2.05, 4.69) is 27.5 Å². The number of hydrogen-bond donors (Lipinski definition) is 0. The van der Waals surface area contributed by atoms with Gasteiger partial charge in [-0.05, 0) is 49.7 Å². The molecule has 1 aliphatic heterocycles. The third kappa shape index (κ3) is 4.31. The van der Waals surface area contributed by atoms with Crippen LogP contribution >= 0.6 is 22.6 Å². The summed E-state index contributed by atoms with van der Waals surface area (Å²) in [4.78, 5) is 2.60. The fraction of sp³-hybridized carbons (Fsp3) is 1.00. The Labute approximate surface area is 83.7 Å². The van der Waals surface area contributed by atoms with E-state index in [0.717, 1.165) is 0 Å². The van der Waals surface area contributed by atoms with Crippen LogP contribution < -0.4 is 0 Å². The molecule has 0 radical (unpaired) electrons. The zero-order valence-electron chi connectivity index (χ0n) is 7.19. The van der Waals surface area contributed by atoms with E-state index >= 15 is 0 Å². The summed E-state index contributed by atoms with van der Waals surface area (Å²) < 4.78 is 1.33. The zero-order valence-corrected chi connectivity index (χ0v) is 9.35. The second-order valence-electron chi connectivity index (χ2n) is 3.30. The van der Waals surface area contributed by atoms with Crippen LogP contribution in [-0.4, -0.2) is 29.0 Å². The maximum absolute atomic E-state index is 2.60. The predicted octanol–water partition coefficient (Wildman–Crippen LogP) is 2.69. The Kier molecular flexibility index (Phi) is 5.54. The van der Waals surface area contributed by atoms with Crippen molar-refractivity contribution >= 4 is 22.6 Å². The second kappa shape index (κ2) is 6.23. The zero-order chi connectivity index (χ0) is 7.94. The fourth-order valence-electron chi connectivity index (χ4n) is 1.61. The van der Waals surface area contributed by atoms with Crippen molar-refractivity contribution in [2.24, 2.45) is 0 Å². The summed E-state index contributed by atoms with van der Waals surface area (Å²) in [6, 6.07) is 0. The van der Waals surface area contributed by atoms with Crippen molar-refractivity contribution in [2.75, 3.05) is 24.1 Å². The predicted molar refractivity (Wildman–Crippen MR) is 58.4 cm³/mol. The number of nitrogens with zero attached hydrogens (tertiary/aromatic N) is 1. The van der Waals surface area contributed by atoms with Gasteiger partial charge in [-0.2, -0.15) is 0 Å². The normalized spacial score (nSPS) is 19.4. The Morgan fingerprint density at radius 1 is 1.00 bits per heavy atom. The van der Waals surface area contributed by atoms with Crippen molar-refractivity contribution in [3.63, 3.8) is 0 Å². The molecule has 1 rings (SSSR count). The van der Waals surface area contributed by atoms with E-state index < -0.39 is 0 Å². The highest BCUT2D eigenvalue weighted by atomic mass is 127. The second-order valence-corrected chi connectivity index (χ2v) is 4.38. The molecule has 66 valence electrons. The van der Waals surface area contributed by atoms with Crippen molar-refractivity contribution in [1.82, 2.24) is 4.90 Å². The SMILES string of the molecule is ICCCCCN1CCCC1. The van der Waals surface area contributed by atoms with Crippen molar-refractivity contribution < 1.29 is 0 Å². The molecule has 0 amide bonds. The molecule has 0 atom stereocenters. The van der Waals surface area contributed by atoms with E-state index in [1.54, 1.807) is 0 Å². The first-order chi connectivity index (χ1) is 5.43. The number of hydrogen-bond acceptors (Lipinski definition) is 1. The molecule has 0 unspecified atom stereocenters. The molecule has 0 bridgehead atoms. The lowest BCUT2D eigenvalue weighted by Gasteiger charge is -2.13. The largest absolute Gasteiger partial charge is 0.303 e. The molecule has 1 aliphatic rings. The van der Waals surface area contributed by atoms with Crippen LogP contribution in [0.1, 0.15) is 32.1 Å². The van der Waals surface area contributed by atoms with Gasteiger partial charge in [0.15, 0.2) is 0 Å². The summed E-state index contributed by atoms with van der Waals surface area (Å²) in [5, 5.41) is 0. The molecule has 1 fully saturated rings. The van der Waals surface area contributed by atoms with E-state index in [-0.39, 0.29) is 0 Å². The van der Waals surface area contributed by atoms with Gasteiger partial charge in [0.1, 0.15) is 0 Å². The van der Waals surface area contributed by atoms with Crippen LogP contribution in [0.5, 0.6) is 0 Å². The van der Waals surface area contributed by atoms with Crippen molar-refractivity contribution in [1.29, 1.82) is 0 Å². The Morgan fingerprint density at radius 3 is 2.36 bits per heavy atom. The summed E-state index contributed by atoms with van der Waals surface area (Å²) >= 11 is 2.46. The topological polar surface area (TPSA) is 3.24 Å². The van der Waals surface area contributed by atoms with Crippen LogP contribution in [0, 0.1) is 0 Å². The highest BCUT2D eigenvalue weighted by molar-refractivity contribution is 14.1. The molecule has 2 heteroatoms. The van der Waals surface area contributed by atoms with Gasteiger partial charge in [0, 0.05) is 0 Å². The molecule has 0 aromatic heterocycles. The van der Waals surface area contributed by atoms with E-state index in [0.29, 0.717) is 0 Å². The van der Waals surface area contributed by atoms with Crippen LogP contribution in [0.2, 0.25) is 0 Å². The van der Waals surface area contributed by atoms with Crippen molar-refractivity contribution in [2.45, 2.75) is 32.1 Å². The average Bonchev–Trinajstić information content (AvgIpc) is 2.50. The van der Waals surface area contributed by atoms with Gasteiger partial charge < -0.3 is 4.90 Å². The van der Waals surface area contributed by atoms with Gasteiger partial charge in [0.25, 0.3) is 0 Å². The van der Waals surface area contributed by atoms with E-state index in [1.807, 2.05) is 0 Å². The average molecular weight is 267 g/mol. The Hall–Kier alpha value is 0.690. The molecule has 0 aromatic rings. The minimum Gasteiger partial charge on any atom is -0.303 e. The molecule has 1 nitrogen and oxygen atoms in total. The Morgan fingerprint density at radius 2 is 1.73 bits per heavy atom. The monoisotopic (exact) mass is 267 g/mol. The van der Waals surface area contributed by atoms with Gasteiger partial charge in [-0.15, -0.1) is 0 Å². The fourth-order valence-corrected chi connectivity index (χ4v) is 2.15. The van der Waals surface area contributed by atoms with Crippen LogP contribution in [-0.2, 0) is 0 Å². The maximum atomic E-state index is 2.60. The minimum atomic E-state index is 1.33. The lowest BCUT2D eigenvalue weighted by atomic mass is 10.2. The maximum Gasteiger partial charge on any atom is -0.000472 e. The first-order valence-electron chi connectivity index (χ1n) is 4.72. The number of rotatable bonds is 5. The number of likely N-dealkylation sites (tertiary alicyclic amines) is 1. The van der Waals surface area contributed by atoms with Gasteiger partial charge >= 0.3 is 0 Å². The molecule has 0 aliphatic carbocycles.